The van der Waals surface area contributed by atoms with Gasteiger partial charge in [-0.3, -0.25) is 14.5 Å². The standard InChI is InChI=1S/C21H24N2O2S/c1-14(2)11-19(24)22-17-9-7-16(8-10-17)21-23(20(25)13-26-21)18-6-4-5-15(3)12-18/h4-10,12,14,21H,11,13H2,1-3H3,(H,22,24)/t21-/m1/s1. The number of thioether (sulfide) groups is 1. The molecule has 2 aromatic carbocycles. The second-order valence-electron chi connectivity index (χ2n) is 7.03. The van der Waals surface area contributed by atoms with Crippen molar-refractivity contribution in [2.45, 2.75) is 32.6 Å². The molecular formula is C21H24N2O2S. The summed E-state index contributed by atoms with van der Waals surface area (Å²) in [5, 5.41) is 2.89. The number of hydrogen-bond acceptors (Lipinski definition) is 3. The van der Waals surface area contributed by atoms with Gasteiger partial charge in [0.2, 0.25) is 11.8 Å². The third kappa shape index (κ3) is 4.28. The van der Waals surface area contributed by atoms with E-state index in [1.807, 2.05) is 74.2 Å². The first-order valence-electron chi connectivity index (χ1n) is 8.84. The Labute approximate surface area is 159 Å². The van der Waals surface area contributed by atoms with Crippen LogP contribution in [0.25, 0.3) is 0 Å². The summed E-state index contributed by atoms with van der Waals surface area (Å²) >= 11 is 1.63. The normalized spacial score (nSPS) is 17.0. The zero-order chi connectivity index (χ0) is 18.7. The maximum Gasteiger partial charge on any atom is 0.238 e. The smallest absolute Gasteiger partial charge is 0.238 e. The fourth-order valence-electron chi connectivity index (χ4n) is 3.04. The van der Waals surface area contributed by atoms with Gasteiger partial charge < -0.3 is 5.32 Å². The second kappa shape index (κ2) is 7.96. The average molecular weight is 369 g/mol. The molecule has 1 saturated heterocycles. The van der Waals surface area contributed by atoms with Gasteiger partial charge in [-0.2, -0.15) is 0 Å². The minimum absolute atomic E-state index is 0.0274. The average Bonchev–Trinajstić information content (AvgIpc) is 2.96. The van der Waals surface area contributed by atoms with Gasteiger partial charge in [-0.25, -0.2) is 0 Å². The van der Waals surface area contributed by atoms with Crippen molar-refractivity contribution < 1.29 is 9.59 Å². The Hall–Kier alpha value is -2.27. The summed E-state index contributed by atoms with van der Waals surface area (Å²) in [6, 6.07) is 15.8. The summed E-state index contributed by atoms with van der Waals surface area (Å²) in [6.07, 6.45) is 0.510. The van der Waals surface area contributed by atoms with Crippen LogP contribution >= 0.6 is 11.8 Å². The number of aryl methyl sites for hydroxylation is 1. The van der Waals surface area contributed by atoms with E-state index in [2.05, 4.69) is 5.32 Å². The first kappa shape index (κ1) is 18.5. The predicted molar refractivity (Wildman–Crippen MR) is 108 cm³/mol. The molecule has 1 aliphatic heterocycles. The fourth-order valence-corrected chi connectivity index (χ4v) is 4.22. The van der Waals surface area contributed by atoms with Crippen LogP contribution in [0, 0.1) is 12.8 Å². The Morgan fingerprint density at radius 2 is 1.96 bits per heavy atom. The molecule has 1 atom stereocenters. The number of amides is 2. The van der Waals surface area contributed by atoms with E-state index in [9.17, 15) is 9.59 Å². The summed E-state index contributed by atoms with van der Waals surface area (Å²) in [6.45, 7) is 6.08. The lowest BCUT2D eigenvalue weighted by Crippen LogP contribution is -2.27. The number of anilines is 2. The maximum atomic E-state index is 12.4. The monoisotopic (exact) mass is 368 g/mol. The van der Waals surface area contributed by atoms with E-state index in [0.29, 0.717) is 18.1 Å². The van der Waals surface area contributed by atoms with E-state index < -0.39 is 0 Å². The highest BCUT2D eigenvalue weighted by molar-refractivity contribution is 8.00. The minimum atomic E-state index is -0.0373. The molecule has 5 heteroatoms. The number of nitrogens with zero attached hydrogens (tertiary/aromatic N) is 1. The molecule has 2 amide bonds. The lowest BCUT2D eigenvalue weighted by molar-refractivity contribution is -0.117. The van der Waals surface area contributed by atoms with Gasteiger partial charge in [0.25, 0.3) is 0 Å². The summed E-state index contributed by atoms with van der Waals surface area (Å²) in [4.78, 5) is 26.2. The Morgan fingerprint density at radius 3 is 2.62 bits per heavy atom. The van der Waals surface area contributed by atoms with E-state index >= 15 is 0 Å². The van der Waals surface area contributed by atoms with Gasteiger partial charge in [-0.05, 0) is 48.2 Å². The van der Waals surface area contributed by atoms with E-state index in [1.54, 1.807) is 11.8 Å². The third-order valence-electron chi connectivity index (χ3n) is 4.22. The van der Waals surface area contributed by atoms with Crippen molar-refractivity contribution in [1.82, 2.24) is 0 Å². The van der Waals surface area contributed by atoms with Crippen molar-refractivity contribution in [3.05, 3.63) is 59.7 Å². The lowest BCUT2D eigenvalue weighted by atomic mass is 10.1. The maximum absolute atomic E-state index is 12.4. The highest BCUT2D eigenvalue weighted by Crippen LogP contribution is 2.42. The molecule has 0 spiro atoms. The number of carbonyl (C=O) groups excluding carboxylic acids is 2. The van der Waals surface area contributed by atoms with Gasteiger partial charge in [0.15, 0.2) is 0 Å². The van der Waals surface area contributed by atoms with Gasteiger partial charge in [-0.15, -0.1) is 11.8 Å². The Bertz CT molecular complexity index is 802. The Balaban J connectivity index is 1.77. The molecule has 1 N–H and O–H groups in total. The van der Waals surface area contributed by atoms with E-state index in [1.165, 1.54) is 0 Å². The van der Waals surface area contributed by atoms with Crippen LogP contribution in [0.4, 0.5) is 11.4 Å². The Morgan fingerprint density at radius 1 is 1.23 bits per heavy atom. The molecule has 4 nitrogen and oxygen atoms in total. The highest BCUT2D eigenvalue weighted by Gasteiger charge is 2.34. The third-order valence-corrected chi connectivity index (χ3v) is 5.43. The molecule has 3 rings (SSSR count). The number of benzene rings is 2. The topological polar surface area (TPSA) is 49.4 Å². The molecule has 1 fully saturated rings. The van der Waals surface area contributed by atoms with Crippen LogP contribution in [0.2, 0.25) is 0 Å². The van der Waals surface area contributed by atoms with Gasteiger partial charge in [0.1, 0.15) is 5.37 Å². The van der Waals surface area contributed by atoms with Crippen LogP contribution in [0.3, 0.4) is 0 Å². The van der Waals surface area contributed by atoms with Crippen molar-refractivity contribution in [3.63, 3.8) is 0 Å². The molecule has 1 aliphatic rings. The van der Waals surface area contributed by atoms with Gasteiger partial charge in [-0.1, -0.05) is 38.1 Å². The molecule has 0 aliphatic carbocycles. The quantitative estimate of drug-likeness (QED) is 0.828. The fraction of sp³-hybridized carbons (Fsp3) is 0.333. The zero-order valence-corrected chi connectivity index (χ0v) is 16.2. The predicted octanol–water partition coefficient (Wildman–Crippen LogP) is 4.76. The minimum Gasteiger partial charge on any atom is -0.326 e. The van der Waals surface area contributed by atoms with Crippen LogP contribution in [0.15, 0.2) is 48.5 Å². The van der Waals surface area contributed by atoms with Crippen molar-refractivity contribution >= 4 is 35.0 Å². The zero-order valence-electron chi connectivity index (χ0n) is 15.4. The van der Waals surface area contributed by atoms with E-state index in [0.717, 1.165) is 22.5 Å². The van der Waals surface area contributed by atoms with E-state index in [-0.39, 0.29) is 17.2 Å². The van der Waals surface area contributed by atoms with Crippen LogP contribution in [0.1, 0.15) is 36.8 Å². The molecule has 0 bridgehead atoms. The van der Waals surface area contributed by atoms with Crippen LogP contribution in [-0.2, 0) is 9.59 Å². The number of nitrogens with one attached hydrogen (secondary N) is 1. The second-order valence-corrected chi connectivity index (χ2v) is 8.10. The molecule has 136 valence electrons. The summed E-state index contributed by atoms with van der Waals surface area (Å²) in [5.41, 5.74) is 3.91. The number of carbonyl (C=O) groups is 2. The molecule has 26 heavy (non-hydrogen) atoms. The first-order valence-corrected chi connectivity index (χ1v) is 9.89. The van der Waals surface area contributed by atoms with Crippen molar-refractivity contribution in [2.75, 3.05) is 16.0 Å². The summed E-state index contributed by atoms with van der Waals surface area (Å²) < 4.78 is 0. The van der Waals surface area contributed by atoms with Gasteiger partial charge in [0, 0.05) is 17.8 Å². The molecule has 0 radical (unpaired) electrons. The summed E-state index contributed by atoms with van der Waals surface area (Å²) in [5.74, 6) is 0.961. The Kier molecular flexibility index (Phi) is 5.67. The molecule has 0 unspecified atom stereocenters. The highest BCUT2D eigenvalue weighted by atomic mass is 32.2. The summed E-state index contributed by atoms with van der Waals surface area (Å²) in [7, 11) is 0. The van der Waals surface area contributed by atoms with E-state index in [4.69, 9.17) is 0 Å². The molecule has 2 aromatic rings. The lowest BCUT2D eigenvalue weighted by Gasteiger charge is -2.25. The largest absolute Gasteiger partial charge is 0.326 e. The number of rotatable bonds is 5. The molecule has 0 saturated carbocycles. The van der Waals surface area contributed by atoms with Gasteiger partial charge >= 0.3 is 0 Å². The van der Waals surface area contributed by atoms with Gasteiger partial charge in [0.05, 0.1) is 5.75 Å². The van der Waals surface area contributed by atoms with Crippen molar-refractivity contribution in [2.24, 2.45) is 5.92 Å². The van der Waals surface area contributed by atoms with Crippen molar-refractivity contribution in [1.29, 1.82) is 0 Å². The SMILES string of the molecule is Cc1cccc(N2C(=O)CS[C@@H]2c2ccc(NC(=O)CC(C)C)cc2)c1. The first-order chi connectivity index (χ1) is 12.4. The molecule has 1 heterocycles. The van der Waals surface area contributed by atoms with Crippen LogP contribution in [0.5, 0.6) is 0 Å². The number of hydrogen-bond donors (Lipinski definition) is 1. The molecule has 0 aromatic heterocycles. The van der Waals surface area contributed by atoms with Crippen LogP contribution in [-0.4, -0.2) is 17.6 Å². The van der Waals surface area contributed by atoms with Crippen molar-refractivity contribution in [3.8, 4) is 0 Å². The molecular weight excluding hydrogens is 344 g/mol. The van der Waals surface area contributed by atoms with Crippen LogP contribution < -0.4 is 10.2 Å².